The van der Waals surface area contributed by atoms with Crippen LogP contribution in [-0.2, 0) is 6.18 Å². The molecule has 4 nitrogen and oxygen atoms in total. The smallest absolute Gasteiger partial charge is 0.356 e. The lowest BCUT2D eigenvalue weighted by Gasteiger charge is -2.34. The summed E-state index contributed by atoms with van der Waals surface area (Å²) < 4.78 is 40.6. The molecule has 1 aromatic heterocycles. The number of hydrogen-bond donors (Lipinski definition) is 0. The van der Waals surface area contributed by atoms with Gasteiger partial charge in [0, 0.05) is 26.2 Å². The number of rotatable bonds is 3. The van der Waals surface area contributed by atoms with Crippen molar-refractivity contribution in [2.45, 2.75) is 39.8 Å². The first-order valence-corrected chi connectivity index (χ1v) is 8.69. The summed E-state index contributed by atoms with van der Waals surface area (Å²) in [6.07, 6.45) is -2.68. The van der Waals surface area contributed by atoms with Crippen molar-refractivity contribution in [1.82, 2.24) is 4.98 Å². The van der Waals surface area contributed by atoms with E-state index >= 15 is 0 Å². The molecule has 0 bridgehead atoms. The van der Waals surface area contributed by atoms with Crippen LogP contribution in [-0.4, -0.2) is 31.2 Å². The van der Waals surface area contributed by atoms with Gasteiger partial charge in [0.25, 0.3) is 0 Å². The summed E-state index contributed by atoms with van der Waals surface area (Å²) in [6, 6.07) is 2.78. The molecular formula is C18H23F3N4. The van der Waals surface area contributed by atoms with Crippen LogP contribution in [0.2, 0.25) is 0 Å². The third-order valence-corrected chi connectivity index (χ3v) is 5.52. The predicted molar refractivity (Wildman–Crippen MR) is 90.6 cm³/mol. The van der Waals surface area contributed by atoms with Crippen LogP contribution in [0.1, 0.15) is 44.7 Å². The van der Waals surface area contributed by atoms with E-state index in [-0.39, 0.29) is 16.8 Å². The van der Waals surface area contributed by atoms with E-state index in [1.54, 1.807) is 11.0 Å². The highest BCUT2D eigenvalue weighted by atomic mass is 19.4. The van der Waals surface area contributed by atoms with Gasteiger partial charge in [0.1, 0.15) is 23.3 Å². The zero-order valence-corrected chi connectivity index (χ0v) is 14.8. The van der Waals surface area contributed by atoms with Crippen molar-refractivity contribution in [3.63, 3.8) is 0 Å². The van der Waals surface area contributed by atoms with Gasteiger partial charge in [-0.15, -0.1) is 0 Å². The molecule has 1 aromatic rings. The number of hydrogen-bond acceptors (Lipinski definition) is 4. The Labute approximate surface area is 146 Å². The van der Waals surface area contributed by atoms with Crippen LogP contribution in [0.5, 0.6) is 0 Å². The second-order valence-electron chi connectivity index (χ2n) is 7.65. The zero-order valence-electron chi connectivity index (χ0n) is 14.8. The topological polar surface area (TPSA) is 43.2 Å². The molecule has 1 atom stereocenters. The van der Waals surface area contributed by atoms with Gasteiger partial charge in [-0.2, -0.15) is 18.4 Å². The van der Waals surface area contributed by atoms with E-state index in [0.717, 1.165) is 18.9 Å². The van der Waals surface area contributed by atoms with Crippen LogP contribution in [0.3, 0.4) is 0 Å². The number of nitriles is 1. The van der Waals surface area contributed by atoms with Gasteiger partial charge in [-0.3, -0.25) is 0 Å². The van der Waals surface area contributed by atoms with Gasteiger partial charge in [-0.05, 0) is 23.8 Å². The highest BCUT2D eigenvalue weighted by Crippen LogP contribution is 2.42. The lowest BCUT2D eigenvalue weighted by Crippen LogP contribution is -2.39. The molecule has 2 saturated heterocycles. The van der Waals surface area contributed by atoms with E-state index in [0.29, 0.717) is 37.9 Å². The third-order valence-electron chi connectivity index (χ3n) is 5.52. The molecule has 2 aliphatic rings. The standard InChI is InChI=1S/C18H23F3N4/c1-4-12-10-25(11-17(12,2)3)15-8-14(18(19,20)21)13(9-22)16(23-15)24-6-5-7-24/h8,12H,4-7,10-11H2,1-3H3. The summed E-state index contributed by atoms with van der Waals surface area (Å²) in [5, 5.41) is 9.32. The Morgan fingerprint density at radius 3 is 2.44 bits per heavy atom. The largest absolute Gasteiger partial charge is 0.417 e. The summed E-state index contributed by atoms with van der Waals surface area (Å²) in [6.45, 7) is 9.05. The van der Waals surface area contributed by atoms with Gasteiger partial charge >= 0.3 is 6.18 Å². The van der Waals surface area contributed by atoms with E-state index in [4.69, 9.17) is 0 Å². The number of anilines is 2. The van der Waals surface area contributed by atoms with Crippen LogP contribution in [0.4, 0.5) is 24.8 Å². The fraction of sp³-hybridized carbons (Fsp3) is 0.667. The van der Waals surface area contributed by atoms with Crippen LogP contribution >= 0.6 is 0 Å². The number of aromatic nitrogens is 1. The molecule has 25 heavy (non-hydrogen) atoms. The summed E-state index contributed by atoms with van der Waals surface area (Å²) in [5.41, 5.74) is -1.21. The second kappa shape index (κ2) is 6.08. The Balaban J connectivity index is 2.07. The van der Waals surface area contributed by atoms with Crippen molar-refractivity contribution in [1.29, 1.82) is 5.26 Å². The Morgan fingerprint density at radius 2 is 2.00 bits per heavy atom. The van der Waals surface area contributed by atoms with Gasteiger partial charge in [-0.1, -0.05) is 27.2 Å². The predicted octanol–water partition coefficient (Wildman–Crippen LogP) is 4.05. The van der Waals surface area contributed by atoms with E-state index < -0.39 is 11.7 Å². The quantitative estimate of drug-likeness (QED) is 0.823. The fourth-order valence-electron chi connectivity index (χ4n) is 3.83. The summed E-state index contributed by atoms with van der Waals surface area (Å²) in [7, 11) is 0. The molecule has 0 saturated carbocycles. The van der Waals surface area contributed by atoms with Crippen LogP contribution in [0, 0.1) is 22.7 Å². The highest BCUT2D eigenvalue weighted by Gasteiger charge is 2.41. The molecule has 0 aromatic carbocycles. The Hall–Kier alpha value is -1.97. The van der Waals surface area contributed by atoms with Crippen molar-refractivity contribution in [2.24, 2.45) is 11.3 Å². The molecule has 3 rings (SSSR count). The second-order valence-corrected chi connectivity index (χ2v) is 7.65. The van der Waals surface area contributed by atoms with Gasteiger partial charge in [-0.25, -0.2) is 4.98 Å². The summed E-state index contributed by atoms with van der Waals surface area (Å²) in [4.78, 5) is 8.18. The SMILES string of the molecule is CCC1CN(c2cc(C(F)(F)F)c(C#N)c(N3CCC3)n2)CC1(C)C. The van der Waals surface area contributed by atoms with Crippen molar-refractivity contribution in [3.8, 4) is 6.07 Å². The van der Waals surface area contributed by atoms with E-state index in [2.05, 4.69) is 25.8 Å². The molecule has 0 spiro atoms. The number of alkyl halides is 3. The maximum atomic E-state index is 13.5. The molecule has 0 aliphatic carbocycles. The van der Waals surface area contributed by atoms with Gasteiger partial charge < -0.3 is 9.80 Å². The Morgan fingerprint density at radius 1 is 1.32 bits per heavy atom. The van der Waals surface area contributed by atoms with Crippen molar-refractivity contribution in [2.75, 3.05) is 36.0 Å². The molecular weight excluding hydrogens is 329 g/mol. The molecule has 2 aliphatic heterocycles. The highest BCUT2D eigenvalue weighted by molar-refractivity contribution is 5.64. The summed E-state index contributed by atoms with van der Waals surface area (Å²) >= 11 is 0. The monoisotopic (exact) mass is 352 g/mol. The first-order valence-electron chi connectivity index (χ1n) is 8.69. The zero-order chi connectivity index (χ0) is 18.4. The molecule has 0 N–H and O–H groups in total. The maximum Gasteiger partial charge on any atom is 0.417 e. The lowest BCUT2D eigenvalue weighted by atomic mass is 9.81. The maximum absolute atomic E-state index is 13.5. The Kier molecular flexibility index (Phi) is 4.34. The number of nitrogens with zero attached hydrogens (tertiary/aromatic N) is 4. The minimum absolute atomic E-state index is 0.0274. The molecule has 1 unspecified atom stereocenters. The third kappa shape index (κ3) is 3.14. The molecule has 136 valence electrons. The summed E-state index contributed by atoms with van der Waals surface area (Å²) in [5.74, 6) is 0.917. The average Bonchev–Trinajstić information content (AvgIpc) is 2.78. The molecule has 0 amide bonds. The van der Waals surface area contributed by atoms with E-state index in [1.807, 2.05) is 4.90 Å². The molecule has 0 radical (unpaired) electrons. The number of halogens is 3. The Bertz CT molecular complexity index is 701. The van der Waals surface area contributed by atoms with Gasteiger partial charge in [0.2, 0.25) is 0 Å². The first kappa shape index (κ1) is 17.8. The normalized spacial score (nSPS) is 22.7. The fourth-order valence-corrected chi connectivity index (χ4v) is 3.83. The van der Waals surface area contributed by atoms with Crippen LogP contribution in [0.25, 0.3) is 0 Å². The molecule has 3 heterocycles. The number of pyridine rings is 1. The minimum atomic E-state index is -4.57. The van der Waals surface area contributed by atoms with Gasteiger partial charge in [0.15, 0.2) is 0 Å². The first-order chi connectivity index (χ1) is 11.7. The van der Waals surface area contributed by atoms with Crippen molar-refractivity contribution < 1.29 is 13.2 Å². The van der Waals surface area contributed by atoms with E-state index in [1.165, 1.54) is 0 Å². The average molecular weight is 352 g/mol. The van der Waals surface area contributed by atoms with Crippen molar-refractivity contribution in [3.05, 3.63) is 17.2 Å². The minimum Gasteiger partial charge on any atom is -0.356 e. The van der Waals surface area contributed by atoms with Crippen molar-refractivity contribution >= 4 is 11.6 Å². The van der Waals surface area contributed by atoms with Crippen LogP contribution < -0.4 is 9.80 Å². The van der Waals surface area contributed by atoms with Crippen LogP contribution in [0.15, 0.2) is 6.07 Å². The molecule has 7 heteroatoms. The van der Waals surface area contributed by atoms with Gasteiger partial charge in [0.05, 0.1) is 5.56 Å². The van der Waals surface area contributed by atoms with E-state index in [9.17, 15) is 18.4 Å². The lowest BCUT2D eigenvalue weighted by molar-refractivity contribution is -0.137. The molecule has 2 fully saturated rings.